The summed E-state index contributed by atoms with van der Waals surface area (Å²) in [6, 6.07) is 15.0. The van der Waals surface area contributed by atoms with Gasteiger partial charge in [0, 0.05) is 13.1 Å². The Morgan fingerprint density at radius 3 is 2.33 bits per heavy atom. The molecule has 0 fully saturated rings. The van der Waals surface area contributed by atoms with Crippen LogP contribution in [0.4, 0.5) is 0 Å². The van der Waals surface area contributed by atoms with Crippen LogP contribution in [-0.2, 0) is 13.1 Å². The molecule has 0 aliphatic carbocycles. The summed E-state index contributed by atoms with van der Waals surface area (Å²) >= 11 is 0. The monoisotopic (exact) mass is 283 g/mol. The Balaban J connectivity index is 1.68. The van der Waals surface area contributed by atoms with Gasteiger partial charge >= 0.3 is 0 Å². The van der Waals surface area contributed by atoms with E-state index in [9.17, 15) is 0 Å². The van der Waals surface area contributed by atoms with Gasteiger partial charge in [0.2, 0.25) is 6.79 Å². The van der Waals surface area contributed by atoms with Crippen LogP contribution in [0.5, 0.6) is 11.5 Å². The quantitative estimate of drug-likeness (QED) is 0.834. The lowest BCUT2D eigenvalue weighted by atomic mass is 10.1. The average Bonchev–Trinajstić information content (AvgIpc) is 2.96. The topological polar surface area (TPSA) is 21.7 Å². The molecule has 1 aliphatic heterocycles. The SMILES string of the molecule is CCN(Cc1ccc(C)cc1)Cc1ccc2c(c1)OCO2. The first-order valence-electron chi connectivity index (χ1n) is 7.41. The van der Waals surface area contributed by atoms with Crippen molar-refractivity contribution < 1.29 is 9.47 Å². The molecule has 3 nitrogen and oxygen atoms in total. The van der Waals surface area contributed by atoms with E-state index < -0.39 is 0 Å². The molecule has 21 heavy (non-hydrogen) atoms. The second-order valence-corrected chi connectivity index (χ2v) is 5.48. The maximum Gasteiger partial charge on any atom is 0.231 e. The Labute approximate surface area is 126 Å². The molecule has 0 amide bonds. The van der Waals surface area contributed by atoms with Gasteiger partial charge in [-0.15, -0.1) is 0 Å². The van der Waals surface area contributed by atoms with Crippen LogP contribution in [0.1, 0.15) is 23.6 Å². The van der Waals surface area contributed by atoms with Gasteiger partial charge in [0.25, 0.3) is 0 Å². The van der Waals surface area contributed by atoms with Crippen molar-refractivity contribution >= 4 is 0 Å². The van der Waals surface area contributed by atoms with Gasteiger partial charge in [-0.3, -0.25) is 4.90 Å². The molecule has 0 aromatic heterocycles. The van der Waals surface area contributed by atoms with E-state index in [0.29, 0.717) is 6.79 Å². The minimum atomic E-state index is 0.333. The molecular weight excluding hydrogens is 262 g/mol. The lowest BCUT2D eigenvalue weighted by Crippen LogP contribution is -2.22. The number of hydrogen-bond acceptors (Lipinski definition) is 3. The first-order valence-corrected chi connectivity index (χ1v) is 7.41. The van der Waals surface area contributed by atoms with Gasteiger partial charge in [-0.05, 0) is 36.7 Å². The molecule has 0 radical (unpaired) electrons. The van der Waals surface area contributed by atoms with E-state index in [2.05, 4.69) is 55.1 Å². The van der Waals surface area contributed by atoms with Crippen molar-refractivity contribution in [2.75, 3.05) is 13.3 Å². The van der Waals surface area contributed by atoms with Gasteiger partial charge < -0.3 is 9.47 Å². The Hall–Kier alpha value is -2.00. The Kier molecular flexibility index (Phi) is 4.11. The highest BCUT2D eigenvalue weighted by atomic mass is 16.7. The van der Waals surface area contributed by atoms with Crippen LogP contribution in [0, 0.1) is 6.92 Å². The highest BCUT2D eigenvalue weighted by Gasteiger charge is 2.14. The fourth-order valence-electron chi connectivity index (χ4n) is 2.53. The molecule has 0 bridgehead atoms. The molecule has 0 unspecified atom stereocenters. The number of benzene rings is 2. The summed E-state index contributed by atoms with van der Waals surface area (Å²) in [6.45, 7) is 7.54. The zero-order valence-corrected chi connectivity index (χ0v) is 12.6. The molecule has 1 heterocycles. The molecule has 2 aromatic carbocycles. The Morgan fingerprint density at radius 2 is 1.57 bits per heavy atom. The van der Waals surface area contributed by atoms with Crippen LogP contribution >= 0.6 is 0 Å². The van der Waals surface area contributed by atoms with Crippen LogP contribution < -0.4 is 9.47 Å². The van der Waals surface area contributed by atoms with Crippen molar-refractivity contribution in [2.45, 2.75) is 26.9 Å². The fraction of sp³-hybridized carbons (Fsp3) is 0.333. The lowest BCUT2D eigenvalue weighted by molar-refractivity contribution is 0.174. The maximum atomic E-state index is 5.45. The number of nitrogens with zero attached hydrogens (tertiary/aromatic N) is 1. The Bertz CT molecular complexity index is 607. The highest BCUT2D eigenvalue weighted by molar-refractivity contribution is 5.44. The number of fused-ring (bicyclic) bond motifs is 1. The van der Waals surface area contributed by atoms with E-state index in [4.69, 9.17) is 9.47 Å². The molecule has 0 saturated heterocycles. The van der Waals surface area contributed by atoms with Gasteiger partial charge in [-0.25, -0.2) is 0 Å². The number of aryl methyl sites for hydroxylation is 1. The van der Waals surface area contributed by atoms with Crippen LogP contribution in [0.25, 0.3) is 0 Å². The second kappa shape index (κ2) is 6.19. The van der Waals surface area contributed by atoms with Gasteiger partial charge in [-0.1, -0.05) is 42.8 Å². The van der Waals surface area contributed by atoms with Crippen molar-refractivity contribution in [2.24, 2.45) is 0 Å². The third kappa shape index (κ3) is 3.37. The summed E-state index contributed by atoms with van der Waals surface area (Å²) in [5.74, 6) is 1.71. The van der Waals surface area contributed by atoms with Crippen LogP contribution in [-0.4, -0.2) is 18.2 Å². The minimum absolute atomic E-state index is 0.333. The third-order valence-corrected chi connectivity index (χ3v) is 3.82. The van der Waals surface area contributed by atoms with Crippen molar-refractivity contribution in [1.29, 1.82) is 0 Å². The highest BCUT2D eigenvalue weighted by Crippen LogP contribution is 2.32. The molecule has 0 spiro atoms. The minimum Gasteiger partial charge on any atom is -0.454 e. The zero-order chi connectivity index (χ0) is 14.7. The average molecular weight is 283 g/mol. The van der Waals surface area contributed by atoms with E-state index >= 15 is 0 Å². The van der Waals surface area contributed by atoms with Crippen molar-refractivity contribution in [3.05, 3.63) is 59.2 Å². The van der Waals surface area contributed by atoms with Gasteiger partial charge in [0.05, 0.1) is 0 Å². The largest absolute Gasteiger partial charge is 0.454 e. The fourth-order valence-corrected chi connectivity index (χ4v) is 2.53. The van der Waals surface area contributed by atoms with Gasteiger partial charge in [0.15, 0.2) is 11.5 Å². The molecule has 110 valence electrons. The summed E-state index contributed by atoms with van der Waals surface area (Å²) in [6.07, 6.45) is 0. The summed E-state index contributed by atoms with van der Waals surface area (Å²) in [7, 11) is 0. The number of hydrogen-bond donors (Lipinski definition) is 0. The van der Waals surface area contributed by atoms with Crippen molar-refractivity contribution in [1.82, 2.24) is 4.90 Å². The summed E-state index contributed by atoms with van der Waals surface area (Å²) in [5.41, 5.74) is 3.91. The normalized spacial score (nSPS) is 12.9. The first kappa shape index (κ1) is 14.0. The predicted octanol–water partition coefficient (Wildman–Crippen LogP) is 3.75. The second-order valence-electron chi connectivity index (χ2n) is 5.48. The molecule has 3 heteroatoms. The van der Waals surface area contributed by atoms with Crippen LogP contribution in [0.3, 0.4) is 0 Å². The lowest BCUT2D eigenvalue weighted by Gasteiger charge is -2.21. The van der Waals surface area contributed by atoms with E-state index in [1.807, 2.05) is 6.07 Å². The number of rotatable bonds is 5. The molecule has 0 atom stereocenters. The number of ether oxygens (including phenoxy) is 2. The Morgan fingerprint density at radius 1 is 0.905 bits per heavy atom. The molecule has 1 aliphatic rings. The van der Waals surface area contributed by atoms with E-state index in [1.54, 1.807) is 0 Å². The first-order chi connectivity index (χ1) is 10.2. The zero-order valence-electron chi connectivity index (χ0n) is 12.6. The molecule has 3 rings (SSSR count). The van der Waals surface area contributed by atoms with Gasteiger partial charge in [-0.2, -0.15) is 0 Å². The van der Waals surface area contributed by atoms with E-state index in [-0.39, 0.29) is 0 Å². The summed E-state index contributed by atoms with van der Waals surface area (Å²) in [5, 5.41) is 0. The van der Waals surface area contributed by atoms with Crippen LogP contribution in [0.2, 0.25) is 0 Å². The molecular formula is C18H21NO2. The van der Waals surface area contributed by atoms with Crippen LogP contribution in [0.15, 0.2) is 42.5 Å². The van der Waals surface area contributed by atoms with E-state index in [0.717, 1.165) is 31.1 Å². The van der Waals surface area contributed by atoms with Crippen molar-refractivity contribution in [3.8, 4) is 11.5 Å². The van der Waals surface area contributed by atoms with E-state index in [1.165, 1.54) is 16.7 Å². The standard InChI is InChI=1S/C18H21NO2/c1-3-19(11-15-6-4-14(2)5-7-15)12-16-8-9-17-18(10-16)21-13-20-17/h4-10H,3,11-13H2,1-2H3. The molecule has 0 N–H and O–H groups in total. The van der Waals surface area contributed by atoms with Gasteiger partial charge in [0.1, 0.15) is 0 Å². The predicted molar refractivity (Wildman–Crippen MR) is 83.5 cm³/mol. The molecule has 2 aromatic rings. The summed E-state index contributed by atoms with van der Waals surface area (Å²) in [4.78, 5) is 2.42. The smallest absolute Gasteiger partial charge is 0.231 e. The molecule has 0 saturated carbocycles. The summed E-state index contributed by atoms with van der Waals surface area (Å²) < 4.78 is 10.8. The van der Waals surface area contributed by atoms with Crippen molar-refractivity contribution in [3.63, 3.8) is 0 Å². The maximum absolute atomic E-state index is 5.45. The third-order valence-electron chi connectivity index (χ3n) is 3.82.